The first-order valence-electron chi connectivity index (χ1n) is 9.59. The molecular formula is C21H27N3O2. The van der Waals surface area contributed by atoms with Crippen LogP contribution in [-0.2, 0) is 4.79 Å². The summed E-state index contributed by atoms with van der Waals surface area (Å²) >= 11 is 0. The molecule has 3 rings (SSSR count). The zero-order valence-corrected chi connectivity index (χ0v) is 15.6. The number of nitrogens with zero attached hydrogens (tertiary/aromatic N) is 2. The van der Waals surface area contributed by atoms with Crippen LogP contribution in [0.3, 0.4) is 0 Å². The highest BCUT2D eigenvalue weighted by Crippen LogP contribution is 2.40. The van der Waals surface area contributed by atoms with E-state index in [-0.39, 0.29) is 18.4 Å². The van der Waals surface area contributed by atoms with Crippen molar-refractivity contribution in [1.29, 1.82) is 0 Å². The Morgan fingerprint density at radius 3 is 2.65 bits per heavy atom. The van der Waals surface area contributed by atoms with E-state index in [1.807, 2.05) is 44.2 Å². The topological polar surface area (TPSA) is 62.3 Å². The SMILES string of the molecule is CCCNC(=O)CN(CCC)C(=O)c1cc(C2CC2)nc2ccccc12. The quantitative estimate of drug-likeness (QED) is 0.790. The van der Waals surface area contributed by atoms with Crippen molar-refractivity contribution in [3.05, 3.63) is 41.6 Å². The molecule has 1 saturated carbocycles. The summed E-state index contributed by atoms with van der Waals surface area (Å²) in [6.07, 6.45) is 3.96. The van der Waals surface area contributed by atoms with Crippen LogP contribution in [0.25, 0.3) is 10.9 Å². The fourth-order valence-corrected chi connectivity index (χ4v) is 3.15. The van der Waals surface area contributed by atoms with E-state index in [9.17, 15) is 9.59 Å². The zero-order valence-electron chi connectivity index (χ0n) is 15.6. The summed E-state index contributed by atoms with van der Waals surface area (Å²) in [5.41, 5.74) is 2.51. The largest absolute Gasteiger partial charge is 0.355 e. The Kier molecular flexibility index (Phi) is 5.86. The minimum Gasteiger partial charge on any atom is -0.355 e. The summed E-state index contributed by atoms with van der Waals surface area (Å²) in [5.74, 6) is 0.284. The maximum atomic E-state index is 13.3. The highest BCUT2D eigenvalue weighted by atomic mass is 16.2. The molecule has 5 heteroatoms. The zero-order chi connectivity index (χ0) is 18.5. The molecule has 138 valence electrons. The average Bonchev–Trinajstić information content (AvgIpc) is 3.50. The minimum absolute atomic E-state index is 0.0843. The number of hydrogen-bond acceptors (Lipinski definition) is 3. The van der Waals surface area contributed by atoms with E-state index in [2.05, 4.69) is 5.32 Å². The van der Waals surface area contributed by atoms with Gasteiger partial charge < -0.3 is 10.2 Å². The molecule has 1 aliphatic rings. The molecule has 1 fully saturated rings. The number of hydrogen-bond donors (Lipinski definition) is 1. The van der Waals surface area contributed by atoms with Gasteiger partial charge in [-0.15, -0.1) is 0 Å². The molecule has 2 amide bonds. The number of benzene rings is 1. The molecule has 0 saturated heterocycles. The molecule has 1 aliphatic carbocycles. The molecule has 1 N–H and O–H groups in total. The van der Waals surface area contributed by atoms with Crippen molar-refractivity contribution >= 4 is 22.7 Å². The molecule has 0 unspecified atom stereocenters. The molecule has 5 nitrogen and oxygen atoms in total. The van der Waals surface area contributed by atoms with Gasteiger partial charge in [-0.1, -0.05) is 32.0 Å². The first-order valence-corrected chi connectivity index (χ1v) is 9.59. The van der Waals surface area contributed by atoms with Crippen molar-refractivity contribution < 1.29 is 9.59 Å². The van der Waals surface area contributed by atoms with Crippen LogP contribution in [-0.4, -0.2) is 41.3 Å². The lowest BCUT2D eigenvalue weighted by atomic mass is 10.0. The molecule has 0 atom stereocenters. The molecule has 2 aromatic rings. The van der Waals surface area contributed by atoms with Crippen molar-refractivity contribution in [1.82, 2.24) is 15.2 Å². The van der Waals surface area contributed by atoms with Crippen LogP contribution < -0.4 is 5.32 Å². The van der Waals surface area contributed by atoms with Gasteiger partial charge in [-0.05, 0) is 37.8 Å². The third-order valence-corrected chi connectivity index (χ3v) is 4.65. The van der Waals surface area contributed by atoms with E-state index >= 15 is 0 Å². The van der Waals surface area contributed by atoms with Crippen molar-refractivity contribution in [3.63, 3.8) is 0 Å². The number of amides is 2. The third kappa shape index (κ3) is 4.21. The molecule has 0 aliphatic heterocycles. The van der Waals surface area contributed by atoms with Crippen LogP contribution in [0.4, 0.5) is 0 Å². The van der Waals surface area contributed by atoms with Gasteiger partial charge in [-0.2, -0.15) is 0 Å². The monoisotopic (exact) mass is 353 g/mol. The molecule has 1 aromatic heterocycles. The van der Waals surface area contributed by atoms with Crippen LogP contribution in [0, 0.1) is 0 Å². The number of aromatic nitrogens is 1. The lowest BCUT2D eigenvalue weighted by molar-refractivity contribution is -0.121. The lowest BCUT2D eigenvalue weighted by Gasteiger charge is -2.22. The van der Waals surface area contributed by atoms with Crippen LogP contribution in [0.15, 0.2) is 30.3 Å². The van der Waals surface area contributed by atoms with Gasteiger partial charge in [0, 0.05) is 30.1 Å². The first kappa shape index (κ1) is 18.4. The van der Waals surface area contributed by atoms with Crippen LogP contribution in [0.1, 0.15) is 61.5 Å². The third-order valence-electron chi connectivity index (χ3n) is 4.65. The van der Waals surface area contributed by atoms with E-state index in [1.165, 1.54) is 0 Å². The van der Waals surface area contributed by atoms with Gasteiger partial charge in [-0.3, -0.25) is 14.6 Å². The van der Waals surface area contributed by atoms with Crippen LogP contribution >= 0.6 is 0 Å². The summed E-state index contributed by atoms with van der Waals surface area (Å²) in [4.78, 5) is 31.8. The number of nitrogens with one attached hydrogen (secondary N) is 1. The Labute approximate surface area is 154 Å². The molecule has 26 heavy (non-hydrogen) atoms. The second-order valence-electron chi connectivity index (χ2n) is 6.96. The fourth-order valence-electron chi connectivity index (χ4n) is 3.15. The fraction of sp³-hybridized carbons (Fsp3) is 0.476. The normalized spacial score (nSPS) is 13.6. The molecule has 0 spiro atoms. The van der Waals surface area contributed by atoms with E-state index in [4.69, 9.17) is 4.98 Å². The lowest BCUT2D eigenvalue weighted by Crippen LogP contribution is -2.41. The Morgan fingerprint density at radius 2 is 1.96 bits per heavy atom. The Bertz CT molecular complexity index is 799. The van der Waals surface area contributed by atoms with Gasteiger partial charge in [0.2, 0.25) is 5.91 Å². The van der Waals surface area contributed by atoms with Crippen molar-refractivity contribution in [2.45, 2.75) is 45.4 Å². The van der Waals surface area contributed by atoms with E-state index in [1.54, 1.807) is 4.90 Å². The van der Waals surface area contributed by atoms with E-state index in [0.29, 0.717) is 24.6 Å². The summed E-state index contributed by atoms with van der Waals surface area (Å²) in [6, 6.07) is 9.70. The minimum atomic E-state index is -0.102. The Hall–Kier alpha value is -2.43. The molecule has 0 radical (unpaired) electrons. The maximum Gasteiger partial charge on any atom is 0.255 e. The van der Waals surface area contributed by atoms with Gasteiger partial charge in [0.15, 0.2) is 0 Å². The second-order valence-corrected chi connectivity index (χ2v) is 6.96. The van der Waals surface area contributed by atoms with Gasteiger partial charge in [0.1, 0.15) is 0 Å². The van der Waals surface area contributed by atoms with Crippen molar-refractivity contribution in [2.75, 3.05) is 19.6 Å². The second kappa shape index (κ2) is 8.30. The smallest absolute Gasteiger partial charge is 0.255 e. The standard InChI is InChI=1S/C21H27N3O2/c1-3-11-22-20(25)14-24(12-4-2)21(26)17-13-19(15-9-10-15)23-18-8-6-5-7-16(17)18/h5-8,13,15H,3-4,9-12,14H2,1-2H3,(H,22,25). The number of pyridine rings is 1. The number of carbonyl (C=O) groups is 2. The molecular weight excluding hydrogens is 326 g/mol. The number of carbonyl (C=O) groups excluding carboxylic acids is 2. The van der Waals surface area contributed by atoms with Crippen LogP contribution in [0.2, 0.25) is 0 Å². The van der Waals surface area contributed by atoms with Crippen LogP contribution in [0.5, 0.6) is 0 Å². The molecule has 1 heterocycles. The number of rotatable bonds is 8. The first-order chi connectivity index (χ1) is 12.6. The average molecular weight is 353 g/mol. The summed E-state index contributed by atoms with van der Waals surface area (Å²) < 4.78 is 0. The number of para-hydroxylation sites is 1. The summed E-state index contributed by atoms with van der Waals surface area (Å²) in [7, 11) is 0. The predicted octanol–water partition coefficient (Wildman–Crippen LogP) is 3.49. The number of fused-ring (bicyclic) bond motifs is 1. The summed E-state index contributed by atoms with van der Waals surface area (Å²) in [5, 5.41) is 3.72. The maximum absolute atomic E-state index is 13.3. The Balaban J connectivity index is 1.91. The van der Waals surface area contributed by atoms with Crippen molar-refractivity contribution in [2.24, 2.45) is 0 Å². The van der Waals surface area contributed by atoms with Crippen molar-refractivity contribution in [3.8, 4) is 0 Å². The highest BCUT2D eigenvalue weighted by Gasteiger charge is 2.28. The summed E-state index contributed by atoms with van der Waals surface area (Å²) in [6.45, 7) is 5.33. The van der Waals surface area contributed by atoms with Gasteiger partial charge >= 0.3 is 0 Å². The molecule has 0 bridgehead atoms. The van der Waals surface area contributed by atoms with Gasteiger partial charge in [0.25, 0.3) is 5.91 Å². The Morgan fingerprint density at radius 1 is 1.19 bits per heavy atom. The van der Waals surface area contributed by atoms with Gasteiger partial charge in [-0.25, -0.2) is 0 Å². The molecule has 1 aromatic carbocycles. The predicted molar refractivity (Wildman–Crippen MR) is 103 cm³/mol. The van der Waals surface area contributed by atoms with Gasteiger partial charge in [0.05, 0.1) is 17.6 Å². The van der Waals surface area contributed by atoms with E-state index < -0.39 is 0 Å². The highest BCUT2D eigenvalue weighted by molar-refractivity contribution is 6.07. The van der Waals surface area contributed by atoms with E-state index in [0.717, 1.165) is 42.3 Å².